The molecule has 1 atom stereocenters. The summed E-state index contributed by atoms with van der Waals surface area (Å²) < 4.78 is 12.7. The van der Waals surface area contributed by atoms with Gasteiger partial charge in [0.25, 0.3) is 0 Å². The van der Waals surface area contributed by atoms with Crippen LogP contribution in [0.3, 0.4) is 0 Å². The minimum atomic E-state index is -0.414. The zero-order valence-electron chi connectivity index (χ0n) is 10.6. The summed E-state index contributed by atoms with van der Waals surface area (Å²) >= 11 is 0. The highest BCUT2D eigenvalue weighted by molar-refractivity contribution is 5.86. The topological polar surface area (TPSA) is 41.1 Å². The number of amides is 1. The SMILES string of the molecule is CC1(C(=O)NCCc2ccc(F)cc2)CCCN1. The van der Waals surface area contributed by atoms with Gasteiger partial charge in [0.15, 0.2) is 0 Å². The normalized spacial score (nSPS) is 23.0. The molecule has 1 aromatic rings. The van der Waals surface area contributed by atoms with Crippen molar-refractivity contribution >= 4 is 5.91 Å². The lowest BCUT2D eigenvalue weighted by atomic mass is 9.99. The van der Waals surface area contributed by atoms with Gasteiger partial charge in [-0.15, -0.1) is 0 Å². The molecule has 1 heterocycles. The molecule has 1 unspecified atom stereocenters. The van der Waals surface area contributed by atoms with Gasteiger partial charge in [-0.25, -0.2) is 4.39 Å². The van der Waals surface area contributed by atoms with E-state index >= 15 is 0 Å². The standard InChI is InChI=1S/C14H19FN2O/c1-14(8-2-9-17-14)13(18)16-10-7-11-3-5-12(15)6-4-11/h3-6,17H,2,7-10H2,1H3,(H,16,18). The summed E-state index contributed by atoms with van der Waals surface area (Å²) in [6.07, 6.45) is 2.65. The van der Waals surface area contributed by atoms with Crippen LogP contribution in [0, 0.1) is 5.82 Å². The van der Waals surface area contributed by atoms with Crippen LogP contribution in [-0.2, 0) is 11.2 Å². The third-order valence-electron chi connectivity index (χ3n) is 3.48. The lowest BCUT2D eigenvalue weighted by molar-refractivity contribution is -0.126. The van der Waals surface area contributed by atoms with Crippen molar-refractivity contribution in [3.05, 3.63) is 35.6 Å². The Bertz CT molecular complexity index is 410. The lowest BCUT2D eigenvalue weighted by Gasteiger charge is -2.23. The fourth-order valence-electron chi connectivity index (χ4n) is 2.25. The first-order chi connectivity index (χ1) is 8.60. The van der Waals surface area contributed by atoms with Crippen LogP contribution in [-0.4, -0.2) is 24.5 Å². The van der Waals surface area contributed by atoms with E-state index in [9.17, 15) is 9.18 Å². The second-order valence-electron chi connectivity index (χ2n) is 4.99. The second-order valence-corrected chi connectivity index (χ2v) is 4.99. The first-order valence-electron chi connectivity index (χ1n) is 6.38. The van der Waals surface area contributed by atoms with E-state index in [0.29, 0.717) is 6.54 Å². The van der Waals surface area contributed by atoms with Crippen molar-refractivity contribution in [2.24, 2.45) is 0 Å². The molecule has 1 amide bonds. The molecule has 2 rings (SSSR count). The van der Waals surface area contributed by atoms with E-state index in [4.69, 9.17) is 0 Å². The fraction of sp³-hybridized carbons (Fsp3) is 0.500. The Morgan fingerprint density at radius 3 is 2.78 bits per heavy atom. The van der Waals surface area contributed by atoms with Gasteiger partial charge in [-0.05, 0) is 50.4 Å². The molecule has 1 aliphatic heterocycles. The number of benzene rings is 1. The van der Waals surface area contributed by atoms with Crippen molar-refractivity contribution in [3.63, 3.8) is 0 Å². The van der Waals surface area contributed by atoms with Crippen LogP contribution in [0.1, 0.15) is 25.3 Å². The van der Waals surface area contributed by atoms with E-state index in [-0.39, 0.29) is 11.7 Å². The quantitative estimate of drug-likeness (QED) is 0.852. The molecule has 0 aromatic heterocycles. The Labute approximate surface area is 107 Å². The number of rotatable bonds is 4. The highest BCUT2D eigenvalue weighted by Crippen LogP contribution is 2.18. The minimum Gasteiger partial charge on any atom is -0.354 e. The van der Waals surface area contributed by atoms with Crippen LogP contribution in [0.15, 0.2) is 24.3 Å². The highest BCUT2D eigenvalue weighted by atomic mass is 19.1. The molecule has 0 bridgehead atoms. The van der Waals surface area contributed by atoms with Crippen molar-refractivity contribution in [2.45, 2.75) is 31.7 Å². The molecule has 1 fully saturated rings. The predicted molar refractivity (Wildman–Crippen MR) is 68.8 cm³/mol. The van der Waals surface area contributed by atoms with Gasteiger partial charge >= 0.3 is 0 Å². The summed E-state index contributed by atoms with van der Waals surface area (Å²) in [7, 11) is 0. The number of halogens is 1. The van der Waals surface area contributed by atoms with Crippen LogP contribution in [0.4, 0.5) is 4.39 Å². The molecule has 3 nitrogen and oxygen atoms in total. The zero-order valence-corrected chi connectivity index (χ0v) is 10.6. The monoisotopic (exact) mass is 250 g/mol. The summed E-state index contributed by atoms with van der Waals surface area (Å²) in [6.45, 7) is 3.43. The summed E-state index contributed by atoms with van der Waals surface area (Å²) in [5.41, 5.74) is 0.615. The minimum absolute atomic E-state index is 0.0575. The van der Waals surface area contributed by atoms with Gasteiger partial charge in [0.05, 0.1) is 5.54 Å². The van der Waals surface area contributed by atoms with Gasteiger partial charge in [0.2, 0.25) is 5.91 Å². The number of carbonyl (C=O) groups is 1. The van der Waals surface area contributed by atoms with Crippen molar-refractivity contribution < 1.29 is 9.18 Å². The fourth-order valence-corrected chi connectivity index (χ4v) is 2.25. The Morgan fingerprint density at radius 2 is 2.17 bits per heavy atom. The number of nitrogens with one attached hydrogen (secondary N) is 2. The maximum Gasteiger partial charge on any atom is 0.240 e. The van der Waals surface area contributed by atoms with E-state index < -0.39 is 5.54 Å². The van der Waals surface area contributed by atoms with E-state index in [1.165, 1.54) is 12.1 Å². The van der Waals surface area contributed by atoms with Crippen LogP contribution in [0.5, 0.6) is 0 Å². The summed E-state index contributed by atoms with van der Waals surface area (Å²) in [5.74, 6) is -0.174. The average Bonchev–Trinajstić information content (AvgIpc) is 2.80. The maximum absolute atomic E-state index is 12.7. The van der Waals surface area contributed by atoms with Gasteiger partial charge in [-0.2, -0.15) is 0 Å². The molecule has 4 heteroatoms. The summed E-state index contributed by atoms with van der Waals surface area (Å²) in [5, 5.41) is 6.16. The number of carbonyl (C=O) groups excluding carboxylic acids is 1. The zero-order chi connectivity index (χ0) is 13.0. The third kappa shape index (κ3) is 3.07. The molecule has 0 aliphatic carbocycles. The van der Waals surface area contributed by atoms with Crippen molar-refractivity contribution in [1.82, 2.24) is 10.6 Å². The van der Waals surface area contributed by atoms with Gasteiger partial charge in [-0.3, -0.25) is 4.79 Å². The van der Waals surface area contributed by atoms with E-state index in [2.05, 4.69) is 10.6 Å². The molecule has 2 N–H and O–H groups in total. The highest BCUT2D eigenvalue weighted by Gasteiger charge is 2.35. The Hall–Kier alpha value is -1.42. The maximum atomic E-state index is 12.7. The van der Waals surface area contributed by atoms with E-state index in [1.807, 2.05) is 6.92 Å². The Kier molecular flexibility index (Phi) is 3.97. The molecule has 18 heavy (non-hydrogen) atoms. The van der Waals surface area contributed by atoms with E-state index in [1.54, 1.807) is 12.1 Å². The molecule has 98 valence electrons. The van der Waals surface area contributed by atoms with Gasteiger partial charge < -0.3 is 10.6 Å². The average molecular weight is 250 g/mol. The molecule has 1 aromatic carbocycles. The van der Waals surface area contributed by atoms with E-state index in [0.717, 1.165) is 31.4 Å². The summed E-state index contributed by atoms with van der Waals surface area (Å²) in [6, 6.07) is 6.38. The second kappa shape index (κ2) is 5.48. The predicted octanol–water partition coefficient (Wildman–Crippen LogP) is 1.63. The van der Waals surface area contributed by atoms with Crippen LogP contribution >= 0.6 is 0 Å². The van der Waals surface area contributed by atoms with Crippen LogP contribution in [0.25, 0.3) is 0 Å². The first-order valence-corrected chi connectivity index (χ1v) is 6.38. The third-order valence-corrected chi connectivity index (χ3v) is 3.48. The smallest absolute Gasteiger partial charge is 0.240 e. The molecule has 0 spiro atoms. The van der Waals surface area contributed by atoms with Crippen molar-refractivity contribution in [1.29, 1.82) is 0 Å². The number of hydrogen-bond acceptors (Lipinski definition) is 2. The van der Waals surface area contributed by atoms with Crippen LogP contribution < -0.4 is 10.6 Å². The van der Waals surface area contributed by atoms with Crippen molar-refractivity contribution in [2.75, 3.05) is 13.1 Å². The molecular formula is C14H19FN2O. The largest absolute Gasteiger partial charge is 0.354 e. The van der Waals surface area contributed by atoms with Crippen LogP contribution in [0.2, 0.25) is 0 Å². The van der Waals surface area contributed by atoms with Gasteiger partial charge in [0.1, 0.15) is 5.82 Å². The molecule has 1 saturated heterocycles. The number of hydrogen-bond donors (Lipinski definition) is 2. The lowest BCUT2D eigenvalue weighted by Crippen LogP contribution is -2.51. The van der Waals surface area contributed by atoms with Crippen molar-refractivity contribution in [3.8, 4) is 0 Å². The Balaban J connectivity index is 1.78. The summed E-state index contributed by atoms with van der Waals surface area (Å²) in [4.78, 5) is 12.0. The molecule has 1 aliphatic rings. The first kappa shape index (κ1) is 13.0. The molecule has 0 saturated carbocycles. The van der Waals surface area contributed by atoms with Gasteiger partial charge in [0, 0.05) is 6.54 Å². The molecule has 0 radical (unpaired) electrons. The molecular weight excluding hydrogens is 231 g/mol. The Morgan fingerprint density at radius 1 is 1.44 bits per heavy atom. The van der Waals surface area contributed by atoms with Gasteiger partial charge in [-0.1, -0.05) is 12.1 Å².